The van der Waals surface area contributed by atoms with Crippen LogP contribution >= 0.6 is 0 Å². The number of rotatable bonds is 7. The van der Waals surface area contributed by atoms with E-state index in [9.17, 15) is 13.2 Å². The van der Waals surface area contributed by atoms with Crippen molar-refractivity contribution in [2.45, 2.75) is 52.1 Å². The van der Waals surface area contributed by atoms with Crippen LogP contribution in [0, 0.1) is 23.7 Å². The van der Waals surface area contributed by atoms with Gasteiger partial charge in [0.2, 0.25) is 0 Å². The fourth-order valence-corrected chi connectivity index (χ4v) is 3.27. The lowest BCUT2D eigenvalue weighted by Crippen LogP contribution is -2.32. The van der Waals surface area contributed by atoms with Crippen molar-refractivity contribution in [1.82, 2.24) is 0 Å². The first-order chi connectivity index (χ1) is 9.33. The molecule has 0 spiro atoms. The van der Waals surface area contributed by atoms with Crippen molar-refractivity contribution in [3.05, 3.63) is 0 Å². The van der Waals surface area contributed by atoms with Crippen molar-refractivity contribution in [3.8, 4) is 0 Å². The van der Waals surface area contributed by atoms with Gasteiger partial charge in [0.15, 0.2) is 0 Å². The van der Waals surface area contributed by atoms with Gasteiger partial charge in [0.25, 0.3) is 0 Å². The summed E-state index contributed by atoms with van der Waals surface area (Å²) in [6.45, 7) is 4.25. The van der Waals surface area contributed by atoms with Gasteiger partial charge in [-0.2, -0.15) is 13.2 Å². The van der Waals surface area contributed by atoms with Crippen LogP contribution < -0.4 is 5.73 Å². The van der Waals surface area contributed by atoms with Crippen molar-refractivity contribution >= 4 is 0 Å². The first-order valence-electron chi connectivity index (χ1n) is 7.68. The fraction of sp³-hybridized carbons (Fsp3) is 1.00. The van der Waals surface area contributed by atoms with Gasteiger partial charge in [0.05, 0.1) is 0 Å². The van der Waals surface area contributed by atoms with E-state index in [0.717, 1.165) is 18.8 Å². The highest BCUT2D eigenvalue weighted by atomic mass is 19.4. The summed E-state index contributed by atoms with van der Waals surface area (Å²) in [7, 11) is 0. The lowest BCUT2D eigenvalue weighted by molar-refractivity contribution is -0.174. The predicted octanol–water partition coefficient (Wildman–Crippen LogP) is 3.99. The molecular weight excluding hydrogens is 267 g/mol. The van der Waals surface area contributed by atoms with E-state index in [0.29, 0.717) is 30.7 Å². The van der Waals surface area contributed by atoms with Crippen LogP contribution in [0.25, 0.3) is 0 Å². The van der Waals surface area contributed by atoms with E-state index in [1.807, 2.05) is 0 Å². The summed E-state index contributed by atoms with van der Waals surface area (Å²) in [6, 6.07) is 0. The molecule has 0 radical (unpaired) electrons. The topological polar surface area (TPSA) is 35.2 Å². The van der Waals surface area contributed by atoms with E-state index in [1.54, 1.807) is 0 Å². The zero-order chi connectivity index (χ0) is 15.2. The fourth-order valence-electron chi connectivity index (χ4n) is 3.27. The molecule has 0 saturated heterocycles. The lowest BCUT2D eigenvalue weighted by atomic mass is 9.69. The molecule has 1 saturated carbocycles. The van der Waals surface area contributed by atoms with Gasteiger partial charge in [-0.05, 0) is 62.3 Å². The highest BCUT2D eigenvalue weighted by Crippen LogP contribution is 2.39. The SMILES string of the molecule is CC(C)C1CCC(CN)C(CCCOCC(F)(F)F)C1. The molecule has 0 aromatic rings. The Bertz CT molecular complexity index is 268. The maximum Gasteiger partial charge on any atom is 0.411 e. The average molecular weight is 295 g/mol. The molecule has 1 rings (SSSR count). The minimum atomic E-state index is -4.21. The van der Waals surface area contributed by atoms with Crippen LogP contribution in [-0.4, -0.2) is 25.9 Å². The van der Waals surface area contributed by atoms with Gasteiger partial charge >= 0.3 is 6.18 Å². The number of alkyl halides is 3. The molecule has 0 amide bonds. The first kappa shape index (κ1) is 17.8. The third-order valence-electron chi connectivity index (χ3n) is 4.56. The summed E-state index contributed by atoms with van der Waals surface area (Å²) >= 11 is 0. The van der Waals surface area contributed by atoms with Gasteiger partial charge in [0, 0.05) is 6.61 Å². The molecule has 1 aliphatic rings. The summed E-state index contributed by atoms with van der Waals surface area (Å²) in [5.74, 6) is 2.50. The van der Waals surface area contributed by atoms with Crippen molar-refractivity contribution in [2.75, 3.05) is 19.8 Å². The van der Waals surface area contributed by atoms with Crippen LogP contribution in [-0.2, 0) is 4.74 Å². The summed E-state index contributed by atoms with van der Waals surface area (Å²) in [5.41, 5.74) is 5.82. The van der Waals surface area contributed by atoms with Gasteiger partial charge < -0.3 is 10.5 Å². The molecule has 0 aromatic carbocycles. The van der Waals surface area contributed by atoms with Crippen LogP contribution in [0.3, 0.4) is 0 Å². The Balaban J connectivity index is 2.28. The maximum absolute atomic E-state index is 12.0. The Morgan fingerprint density at radius 1 is 1.20 bits per heavy atom. The molecule has 3 atom stereocenters. The normalized spacial score (nSPS) is 28.1. The molecule has 0 aliphatic heterocycles. The van der Waals surface area contributed by atoms with Crippen LogP contribution in [0.4, 0.5) is 13.2 Å². The molecule has 0 aromatic heterocycles. The molecular formula is C15H28F3NO. The van der Waals surface area contributed by atoms with Crippen molar-refractivity contribution in [3.63, 3.8) is 0 Å². The molecule has 2 N–H and O–H groups in total. The standard InChI is InChI=1S/C15H28F3NO/c1-11(2)12-5-6-14(9-19)13(8-12)4-3-7-20-10-15(16,17)18/h11-14H,3-10,19H2,1-2H3. The van der Waals surface area contributed by atoms with E-state index in [4.69, 9.17) is 5.73 Å². The molecule has 2 nitrogen and oxygen atoms in total. The zero-order valence-corrected chi connectivity index (χ0v) is 12.6. The monoisotopic (exact) mass is 295 g/mol. The largest absolute Gasteiger partial charge is 0.411 e. The molecule has 0 heterocycles. The van der Waals surface area contributed by atoms with Crippen molar-refractivity contribution < 1.29 is 17.9 Å². The van der Waals surface area contributed by atoms with E-state index < -0.39 is 12.8 Å². The second-order valence-electron chi connectivity index (χ2n) is 6.38. The second-order valence-corrected chi connectivity index (χ2v) is 6.38. The van der Waals surface area contributed by atoms with Crippen LogP contribution in [0.1, 0.15) is 46.0 Å². The van der Waals surface area contributed by atoms with Crippen LogP contribution in [0.5, 0.6) is 0 Å². The molecule has 20 heavy (non-hydrogen) atoms. The molecule has 120 valence electrons. The summed E-state index contributed by atoms with van der Waals surface area (Å²) in [6.07, 6.45) is 0.977. The molecule has 1 aliphatic carbocycles. The Morgan fingerprint density at radius 2 is 1.90 bits per heavy atom. The highest BCUT2D eigenvalue weighted by molar-refractivity contribution is 4.82. The third-order valence-corrected chi connectivity index (χ3v) is 4.56. The summed E-state index contributed by atoms with van der Waals surface area (Å²) in [4.78, 5) is 0. The van der Waals surface area contributed by atoms with Crippen LogP contribution in [0.15, 0.2) is 0 Å². The molecule has 5 heteroatoms. The minimum Gasteiger partial charge on any atom is -0.372 e. The predicted molar refractivity (Wildman–Crippen MR) is 74.3 cm³/mol. The molecule has 1 fully saturated rings. The first-order valence-corrected chi connectivity index (χ1v) is 7.68. The highest BCUT2D eigenvalue weighted by Gasteiger charge is 2.31. The number of halogens is 3. The quantitative estimate of drug-likeness (QED) is 0.721. The second kappa shape index (κ2) is 8.23. The number of nitrogens with two attached hydrogens (primary N) is 1. The third kappa shape index (κ3) is 6.44. The molecule has 3 unspecified atom stereocenters. The summed E-state index contributed by atoms with van der Waals surface area (Å²) < 4.78 is 40.5. The van der Waals surface area contributed by atoms with Gasteiger partial charge in [-0.1, -0.05) is 13.8 Å². The number of hydrogen-bond acceptors (Lipinski definition) is 2. The Morgan fingerprint density at radius 3 is 2.45 bits per heavy atom. The van der Waals surface area contributed by atoms with Crippen molar-refractivity contribution in [2.24, 2.45) is 29.4 Å². The molecule has 0 bridgehead atoms. The Labute approximate surface area is 120 Å². The average Bonchev–Trinajstić information content (AvgIpc) is 2.36. The lowest BCUT2D eigenvalue weighted by Gasteiger charge is -2.37. The minimum absolute atomic E-state index is 0.194. The van der Waals surface area contributed by atoms with Crippen molar-refractivity contribution in [1.29, 1.82) is 0 Å². The van der Waals surface area contributed by atoms with E-state index in [1.165, 1.54) is 12.8 Å². The van der Waals surface area contributed by atoms with Gasteiger partial charge in [-0.25, -0.2) is 0 Å². The Kier molecular flexibility index (Phi) is 7.30. The van der Waals surface area contributed by atoms with E-state index in [-0.39, 0.29) is 6.61 Å². The number of ether oxygens (including phenoxy) is 1. The smallest absolute Gasteiger partial charge is 0.372 e. The van der Waals surface area contributed by atoms with E-state index >= 15 is 0 Å². The van der Waals surface area contributed by atoms with Crippen LogP contribution in [0.2, 0.25) is 0 Å². The van der Waals surface area contributed by atoms with Gasteiger partial charge in [-0.15, -0.1) is 0 Å². The summed E-state index contributed by atoms with van der Waals surface area (Å²) in [5, 5.41) is 0. The Hall–Kier alpha value is -0.290. The maximum atomic E-state index is 12.0. The zero-order valence-electron chi connectivity index (χ0n) is 12.6. The number of hydrogen-bond donors (Lipinski definition) is 1. The van der Waals surface area contributed by atoms with Gasteiger partial charge in [0.1, 0.15) is 6.61 Å². The van der Waals surface area contributed by atoms with E-state index in [2.05, 4.69) is 18.6 Å². The van der Waals surface area contributed by atoms with Gasteiger partial charge in [-0.3, -0.25) is 0 Å².